The summed E-state index contributed by atoms with van der Waals surface area (Å²) in [6.07, 6.45) is 6.43. The van der Waals surface area contributed by atoms with E-state index in [9.17, 15) is 4.79 Å². The van der Waals surface area contributed by atoms with E-state index in [1.807, 2.05) is 66.7 Å². The normalized spacial score (nSPS) is 14.2. The minimum Gasteiger partial charge on any atom is -0.497 e. The zero-order valence-electron chi connectivity index (χ0n) is 18.8. The molecule has 33 heavy (non-hydrogen) atoms. The van der Waals surface area contributed by atoms with Gasteiger partial charge in [0.2, 0.25) is 0 Å². The molecular weight excluding hydrogens is 410 g/mol. The van der Waals surface area contributed by atoms with E-state index in [0.29, 0.717) is 17.2 Å². The van der Waals surface area contributed by atoms with Gasteiger partial charge in [0.1, 0.15) is 11.5 Å². The highest BCUT2D eigenvalue weighted by Crippen LogP contribution is 2.33. The van der Waals surface area contributed by atoms with Crippen molar-refractivity contribution in [3.05, 3.63) is 90.0 Å². The van der Waals surface area contributed by atoms with E-state index >= 15 is 0 Å². The van der Waals surface area contributed by atoms with Crippen molar-refractivity contribution in [1.29, 1.82) is 0 Å². The van der Waals surface area contributed by atoms with Crippen molar-refractivity contribution in [3.8, 4) is 22.8 Å². The molecule has 0 amide bonds. The molecule has 1 saturated carbocycles. The highest BCUT2D eigenvalue weighted by molar-refractivity contribution is 6.05. The quantitative estimate of drug-likeness (QED) is 0.245. The molecule has 0 unspecified atom stereocenters. The molecule has 0 N–H and O–H groups in total. The molecular formula is C29H27NO3. The van der Waals surface area contributed by atoms with E-state index in [1.165, 1.54) is 37.7 Å². The molecule has 5 rings (SSSR count). The van der Waals surface area contributed by atoms with Crippen molar-refractivity contribution in [1.82, 2.24) is 4.98 Å². The van der Waals surface area contributed by atoms with Gasteiger partial charge in [0, 0.05) is 10.9 Å². The number of methoxy groups -OCH3 is 1. The summed E-state index contributed by atoms with van der Waals surface area (Å²) in [7, 11) is 1.64. The highest BCUT2D eigenvalue weighted by Gasteiger charge is 2.18. The average Bonchev–Trinajstić information content (AvgIpc) is 2.89. The van der Waals surface area contributed by atoms with Crippen molar-refractivity contribution in [2.75, 3.05) is 7.11 Å². The van der Waals surface area contributed by atoms with Crippen molar-refractivity contribution >= 4 is 16.9 Å². The topological polar surface area (TPSA) is 48.4 Å². The predicted molar refractivity (Wildman–Crippen MR) is 131 cm³/mol. The van der Waals surface area contributed by atoms with Crippen LogP contribution >= 0.6 is 0 Å². The van der Waals surface area contributed by atoms with Gasteiger partial charge in [0.25, 0.3) is 0 Å². The summed E-state index contributed by atoms with van der Waals surface area (Å²) >= 11 is 0. The molecule has 1 aliphatic rings. The van der Waals surface area contributed by atoms with Gasteiger partial charge in [-0.25, -0.2) is 9.78 Å². The molecule has 0 spiro atoms. The lowest BCUT2D eigenvalue weighted by molar-refractivity contribution is 0.0736. The number of para-hydroxylation sites is 1. The van der Waals surface area contributed by atoms with Gasteiger partial charge >= 0.3 is 5.97 Å². The fraction of sp³-hybridized carbons (Fsp3) is 0.241. The molecule has 1 aliphatic carbocycles. The van der Waals surface area contributed by atoms with Gasteiger partial charge in [-0.1, -0.05) is 49.6 Å². The second-order valence-corrected chi connectivity index (χ2v) is 8.59. The first-order valence-corrected chi connectivity index (χ1v) is 11.6. The molecule has 4 aromatic rings. The third-order valence-electron chi connectivity index (χ3n) is 6.49. The molecule has 4 heteroatoms. The van der Waals surface area contributed by atoms with Gasteiger partial charge in [-0.3, -0.25) is 0 Å². The van der Waals surface area contributed by atoms with Crippen LogP contribution < -0.4 is 9.47 Å². The van der Waals surface area contributed by atoms with Crippen LogP contribution in [-0.2, 0) is 0 Å². The van der Waals surface area contributed by atoms with E-state index in [-0.39, 0.29) is 5.97 Å². The van der Waals surface area contributed by atoms with Gasteiger partial charge in [-0.2, -0.15) is 0 Å². The van der Waals surface area contributed by atoms with Crippen molar-refractivity contribution in [2.24, 2.45) is 0 Å². The van der Waals surface area contributed by atoms with Gasteiger partial charge in [0.05, 0.1) is 23.9 Å². The van der Waals surface area contributed by atoms with Crippen molar-refractivity contribution in [2.45, 2.75) is 38.0 Å². The molecule has 3 aromatic carbocycles. The Labute approximate surface area is 194 Å². The maximum atomic E-state index is 13.2. The van der Waals surface area contributed by atoms with E-state index < -0.39 is 0 Å². The third kappa shape index (κ3) is 4.61. The summed E-state index contributed by atoms with van der Waals surface area (Å²) in [5.41, 5.74) is 4.22. The number of carbonyl (C=O) groups excluding carboxylic acids is 1. The standard InChI is InChI=1S/C29H27NO3/c1-32-23-15-13-22(14-16-23)28-19-26(25-9-5-6-10-27(25)30-28)29(31)33-24-17-11-21(12-18-24)20-7-3-2-4-8-20/h5-6,9-20H,2-4,7-8H2,1H3. The average molecular weight is 438 g/mol. The maximum Gasteiger partial charge on any atom is 0.344 e. The van der Waals surface area contributed by atoms with E-state index in [2.05, 4.69) is 12.1 Å². The van der Waals surface area contributed by atoms with Crippen LogP contribution in [0.5, 0.6) is 11.5 Å². The largest absolute Gasteiger partial charge is 0.497 e. The summed E-state index contributed by atoms with van der Waals surface area (Å²) in [5, 5.41) is 0.776. The predicted octanol–water partition coefficient (Wildman–Crippen LogP) is 7.18. The van der Waals surface area contributed by atoms with E-state index in [4.69, 9.17) is 14.5 Å². The highest BCUT2D eigenvalue weighted by atomic mass is 16.5. The molecule has 4 nitrogen and oxygen atoms in total. The maximum absolute atomic E-state index is 13.2. The van der Waals surface area contributed by atoms with Gasteiger partial charge in [-0.05, 0) is 72.9 Å². The number of esters is 1. The Morgan fingerprint density at radius 1 is 0.848 bits per heavy atom. The van der Waals surface area contributed by atoms with E-state index in [1.54, 1.807) is 7.11 Å². The zero-order chi connectivity index (χ0) is 22.6. The van der Waals surface area contributed by atoms with Crippen molar-refractivity contribution < 1.29 is 14.3 Å². The van der Waals surface area contributed by atoms with Gasteiger partial charge in [0.15, 0.2) is 0 Å². The number of carbonyl (C=O) groups is 1. The lowest BCUT2D eigenvalue weighted by Gasteiger charge is -2.22. The van der Waals surface area contributed by atoms with Crippen LogP contribution in [0, 0.1) is 0 Å². The molecule has 0 radical (unpaired) electrons. The van der Waals surface area contributed by atoms with E-state index in [0.717, 1.165) is 27.9 Å². The Bertz CT molecular complexity index is 1260. The van der Waals surface area contributed by atoms with Crippen LogP contribution in [0.3, 0.4) is 0 Å². The number of ether oxygens (including phenoxy) is 2. The Hall–Kier alpha value is -3.66. The van der Waals surface area contributed by atoms with Gasteiger partial charge in [-0.15, -0.1) is 0 Å². The first-order valence-electron chi connectivity index (χ1n) is 11.6. The van der Waals surface area contributed by atoms with Crippen LogP contribution in [-0.4, -0.2) is 18.1 Å². The second kappa shape index (κ2) is 9.45. The Morgan fingerprint density at radius 2 is 1.55 bits per heavy atom. The van der Waals surface area contributed by atoms with Crippen LogP contribution in [0.4, 0.5) is 0 Å². The number of hydrogen-bond acceptors (Lipinski definition) is 4. The van der Waals surface area contributed by atoms with Crippen molar-refractivity contribution in [3.63, 3.8) is 0 Å². The number of rotatable bonds is 5. The summed E-state index contributed by atoms with van der Waals surface area (Å²) in [6, 6.07) is 25.1. The fourth-order valence-corrected chi connectivity index (χ4v) is 4.66. The summed E-state index contributed by atoms with van der Waals surface area (Å²) < 4.78 is 11.0. The molecule has 0 bridgehead atoms. The Balaban J connectivity index is 1.43. The summed E-state index contributed by atoms with van der Waals surface area (Å²) in [4.78, 5) is 18.0. The van der Waals surface area contributed by atoms with Crippen LogP contribution in [0.2, 0.25) is 0 Å². The molecule has 0 saturated heterocycles. The molecule has 1 aromatic heterocycles. The molecule has 0 atom stereocenters. The summed E-state index contributed by atoms with van der Waals surface area (Å²) in [6.45, 7) is 0. The Morgan fingerprint density at radius 3 is 2.27 bits per heavy atom. The van der Waals surface area contributed by atoms with Crippen LogP contribution in [0.15, 0.2) is 78.9 Å². The third-order valence-corrected chi connectivity index (χ3v) is 6.49. The molecule has 1 fully saturated rings. The van der Waals surface area contributed by atoms with Crippen LogP contribution in [0.1, 0.15) is 53.9 Å². The number of pyridine rings is 1. The molecule has 166 valence electrons. The minimum absolute atomic E-state index is 0.381. The van der Waals surface area contributed by atoms with Crippen LogP contribution in [0.25, 0.3) is 22.2 Å². The molecule has 1 heterocycles. The SMILES string of the molecule is COc1ccc(-c2cc(C(=O)Oc3ccc(C4CCCCC4)cc3)c3ccccc3n2)cc1. The first kappa shape index (κ1) is 21.2. The fourth-order valence-electron chi connectivity index (χ4n) is 4.66. The van der Waals surface area contributed by atoms with Gasteiger partial charge < -0.3 is 9.47 Å². The Kier molecular flexibility index (Phi) is 6.07. The number of nitrogens with zero attached hydrogens (tertiary/aromatic N) is 1. The smallest absolute Gasteiger partial charge is 0.344 e. The first-order chi connectivity index (χ1) is 16.2. The monoisotopic (exact) mass is 437 g/mol. The number of fused-ring (bicyclic) bond motifs is 1. The summed E-state index contributed by atoms with van der Waals surface area (Å²) in [5.74, 6) is 1.58. The zero-order valence-corrected chi connectivity index (χ0v) is 18.8. The number of benzene rings is 3. The minimum atomic E-state index is -0.381. The second-order valence-electron chi connectivity index (χ2n) is 8.59. The lowest BCUT2D eigenvalue weighted by Crippen LogP contribution is -2.10. The number of aromatic nitrogens is 1. The molecule has 0 aliphatic heterocycles. The lowest BCUT2D eigenvalue weighted by atomic mass is 9.84. The number of hydrogen-bond donors (Lipinski definition) is 0.